The summed E-state index contributed by atoms with van der Waals surface area (Å²) in [6.45, 7) is 2.92. The molecule has 0 aliphatic carbocycles. The fraction of sp³-hybridized carbons (Fsp3) is 0.375. The average molecular weight is 318 g/mol. The molecule has 1 atom stereocenters. The number of ether oxygens (including phenoxy) is 2. The third-order valence-corrected chi connectivity index (χ3v) is 4.42. The number of aromatic nitrogens is 1. The number of hydrogen-bond acceptors (Lipinski definition) is 5. The van der Waals surface area contributed by atoms with Crippen LogP contribution in [0.3, 0.4) is 0 Å². The third-order valence-electron chi connectivity index (χ3n) is 3.56. The summed E-state index contributed by atoms with van der Waals surface area (Å²) in [7, 11) is 1.78. The van der Waals surface area contributed by atoms with E-state index in [-0.39, 0.29) is 12.0 Å². The zero-order valence-corrected chi connectivity index (χ0v) is 13.4. The maximum absolute atomic E-state index is 12.5. The Kier molecular flexibility index (Phi) is 4.29. The first-order chi connectivity index (χ1) is 10.7. The van der Waals surface area contributed by atoms with Gasteiger partial charge in [-0.15, -0.1) is 11.3 Å². The van der Waals surface area contributed by atoms with Crippen molar-refractivity contribution in [3.05, 3.63) is 40.3 Å². The molecule has 1 amide bonds. The molecule has 2 aromatic rings. The van der Waals surface area contributed by atoms with Crippen molar-refractivity contribution in [3.8, 4) is 11.5 Å². The molecule has 0 fully saturated rings. The summed E-state index contributed by atoms with van der Waals surface area (Å²) in [5.74, 6) is 1.47. The molecule has 3 rings (SSSR count). The molecule has 1 aliphatic heterocycles. The number of fused-ring (bicyclic) bond motifs is 1. The fourth-order valence-electron chi connectivity index (χ4n) is 2.41. The lowest BCUT2D eigenvalue weighted by molar-refractivity contribution is 0.0523. The van der Waals surface area contributed by atoms with Gasteiger partial charge in [0.05, 0.1) is 17.7 Å². The number of benzene rings is 1. The number of carbonyl (C=O) groups is 1. The minimum atomic E-state index is -0.165. The quantitative estimate of drug-likeness (QED) is 0.869. The van der Waals surface area contributed by atoms with Crippen LogP contribution in [-0.2, 0) is 6.42 Å². The van der Waals surface area contributed by atoms with Gasteiger partial charge in [-0.3, -0.25) is 4.79 Å². The lowest BCUT2D eigenvalue weighted by Crippen LogP contribution is -2.41. The highest BCUT2D eigenvalue weighted by Crippen LogP contribution is 2.31. The van der Waals surface area contributed by atoms with Crippen LogP contribution in [-0.4, -0.2) is 42.1 Å². The Balaban J connectivity index is 1.65. The van der Waals surface area contributed by atoms with Crippen molar-refractivity contribution in [3.63, 3.8) is 0 Å². The number of aryl methyl sites for hydroxylation is 1. The molecule has 0 saturated carbocycles. The molecule has 6 heteroatoms. The van der Waals surface area contributed by atoms with E-state index in [1.54, 1.807) is 17.5 Å². The van der Waals surface area contributed by atoms with E-state index in [0.717, 1.165) is 23.6 Å². The number of likely N-dealkylation sites (N-methyl/N-ethyl adjacent to an activating group) is 1. The summed E-state index contributed by atoms with van der Waals surface area (Å²) in [5, 5.41) is 0. The molecule has 1 aromatic heterocycles. The predicted octanol–water partition coefficient (Wildman–Crippen LogP) is 2.62. The first kappa shape index (κ1) is 14.8. The van der Waals surface area contributed by atoms with Gasteiger partial charge in [-0.05, 0) is 18.6 Å². The molecule has 1 aliphatic rings. The van der Waals surface area contributed by atoms with Gasteiger partial charge in [-0.1, -0.05) is 19.1 Å². The molecule has 0 bridgehead atoms. The number of rotatable bonds is 4. The standard InChI is InChI=1S/C16H18N2O3S/c1-3-12-15(22-10-17-12)16(19)18(2)8-11-9-20-13-6-4-5-7-14(13)21-11/h4-7,10-11H,3,8-9H2,1-2H3. The fourth-order valence-corrected chi connectivity index (χ4v) is 3.28. The molecule has 116 valence electrons. The van der Waals surface area contributed by atoms with Gasteiger partial charge in [0.2, 0.25) is 0 Å². The Morgan fingerprint density at radius 3 is 2.95 bits per heavy atom. The van der Waals surface area contributed by atoms with Crippen LogP contribution in [0.2, 0.25) is 0 Å². The van der Waals surface area contributed by atoms with Gasteiger partial charge < -0.3 is 14.4 Å². The van der Waals surface area contributed by atoms with E-state index in [0.29, 0.717) is 18.0 Å². The normalized spacial score (nSPS) is 16.4. The van der Waals surface area contributed by atoms with Gasteiger partial charge in [0, 0.05) is 7.05 Å². The second-order valence-electron chi connectivity index (χ2n) is 5.17. The maximum atomic E-state index is 12.5. The van der Waals surface area contributed by atoms with Crippen LogP contribution in [0.4, 0.5) is 0 Å². The minimum absolute atomic E-state index is 0.0122. The van der Waals surface area contributed by atoms with Crippen LogP contribution in [0.25, 0.3) is 0 Å². The van der Waals surface area contributed by atoms with Gasteiger partial charge >= 0.3 is 0 Å². The summed E-state index contributed by atoms with van der Waals surface area (Å²) in [5.41, 5.74) is 2.57. The third kappa shape index (κ3) is 2.92. The monoisotopic (exact) mass is 318 g/mol. The summed E-state index contributed by atoms with van der Waals surface area (Å²) in [6.07, 6.45) is 0.594. The molecular weight excluding hydrogens is 300 g/mol. The summed E-state index contributed by atoms with van der Waals surface area (Å²) in [6, 6.07) is 7.57. The molecule has 2 heterocycles. The molecule has 0 saturated heterocycles. The lowest BCUT2D eigenvalue weighted by atomic mass is 10.2. The number of para-hydroxylation sites is 2. The van der Waals surface area contributed by atoms with E-state index in [1.165, 1.54) is 11.3 Å². The molecule has 1 aromatic carbocycles. The maximum Gasteiger partial charge on any atom is 0.265 e. The zero-order valence-electron chi connectivity index (χ0n) is 12.6. The highest BCUT2D eigenvalue weighted by molar-refractivity contribution is 7.11. The smallest absolute Gasteiger partial charge is 0.265 e. The van der Waals surface area contributed by atoms with Gasteiger partial charge in [0.1, 0.15) is 11.5 Å². The Hall–Kier alpha value is -2.08. The van der Waals surface area contributed by atoms with Gasteiger partial charge in [-0.25, -0.2) is 4.98 Å². The summed E-state index contributed by atoms with van der Waals surface area (Å²) in [4.78, 5) is 19.1. The van der Waals surface area contributed by atoms with Crippen LogP contribution in [0.5, 0.6) is 11.5 Å². The van der Waals surface area contributed by atoms with E-state index in [2.05, 4.69) is 4.98 Å². The number of thiazole rings is 1. The lowest BCUT2D eigenvalue weighted by Gasteiger charge is -2.29. The first-order valence-electron chi connectivity index (χ1n) is 7.25. The van der Waals surface area contributed by atoms with E-state index in [1.807, 2.05) is 31.2 Å². The van der Waals surface area contributed by atoms with E-state index in [4.69, 9.17) is 9.47 Å². The van der Waals surface area contributed by atoms with Crippen molar-refractivity contribution >= 4 is 17.2 Å². The molecule has 0 N–H and O–H groups in total. The van der Waals surface area contributed by atoms with Gasteiger partial charge in [-0.2, -0.15) is 0 Å². The highest BCUT2D eigenvalue weighted by Gasteiger charge is 2.25. The minimum Gasteiger partial charge on any atom is -0.486 e. The van der Waals surface area contributed by atoms with Crippen LogP contribution in [0.1, 0.15) is 22.3 Å². The van der Waals surface area contributed by atoms with Gasteiger partial charge in [0.15, 0.2) is 17.6 Å². The topological polar surface area (TPSA) is 51.7 Å². The molecule has 1 unspecified atom stereocenters. The van der Waals surface area contributed by atoms with E-state index >= 15 is 0 Å². The van der Waals surface area contributed by atoms with Crippen molar-refractivity contribution in [2.45, 2.75) is 19.4 Å². The SMILES string of the molecule is CCc1ncsc1C(=O)N(C)CC1COc2ccccc2O1. The van der Waals surface area contributed by atoms with Gasteiger partial charge in [0.25, 0.3) is 5.91 Å². The van der Waals surface area contributed by atoms with Crippen LogP contribution in [0.15, 0.2) is 29.8 Å². The van der Waals surface area contributed by atoms with Crippen molar-refractivity contribution in [1.29, 1.82) is 0 Å². The molecule has 0 radical (unpaired) electrons. The Bertz CT molecular complexity index is 671. The number of hydrogen-bond donors (Lipinski definition) is 0. The van der Waals surface area contributed by atoms with Crippen LogP contribution in [0, 0.1) is 0 Å². The summed E-state index contributed by atoms with van der Waals surface area (Å²) < 4.78 is 11.6. The zero-order chi connectivity index (χ0) is 15.5. The highest BCUT2D eigenvalue weighted by atomic mass is 32.1. The molecule has 5 nitrogen and oxygen atoms in total. The summed E-state index contributed by atoms with van der Waals surface area (Å²) >= 11 is 1.39. The van der Waals surface area contributed by atoms with Crippen LogP contribution < -0.4 is 9.47 Å². The van der Waals surface area contributed by atoms with Crippen molar-refractivity contribution in [2.75, 3.05) is 20.2 Å². The Morgan fingerprint density at radius 2 is 2.18 bits per heavy atom. The number of nitrogens with zero attached hydrogens (tertiary/aromatic N) is 2. The molecular formula is C16H18N2O3S. The largest absolute Gasteiger partial charge is 0.486 e. The average Bonchev–Trinajstić information content (AvgIpc) is 3.02. The van der Waals surface area contributed by atoms with Crippen molar-refractivity contribution in [1.82, 2.24) is 9.88 Å². The predicted molar refractivity (Wildman–Crippen MR) is 84.8 cm³/mol. The van der Waals surface area contributed by atoms with Crippen LogP contribution >= 0.6 is 11.3 Å². The molecule has 22 heavy (non-hydrogen) atoms. The second kappa shape index (κ2) is 6.36. The van der Waals surface area contributed by atoms with E-state index < -0.39 is 0 Å². The second-order valence-corrected chi connectivity index (χ2v) is 6.02. The first-order valence-corrected chi connectivity index (χ1v) is 8.13. The number of carbonyl (C=O) groups excluding carboxylic acids is 1. The molecule has 0 spiro atoms. The van der Waals surface area contributed by atoms with Crippen molar-refractivity contribution < 1.29 is 14.3 Å². The van der Waals surface area contributed by atoms with Crippen molar-refractivity contribution in [2.24, 2.45) is 0 Å². The Morgan fingerprint density at radius 1 is 1.41 bits per heavy atom. The Labute approximate surface area is 133 Å². The van der Waals surface area contributed by atoms with E-state index in [9.17, 15) is 4.79 Å². The number of amides is 1.